The van der Waals surface area contributed by atoms with Gasteiger partial charge in [-0.25, -0.2) is 13.4 Å². The minimum Gasteiger partial charge on any atom is -0.497 e. The van der Waals surface area contributed by atoms with E-state index in [1.807, 2.05) is 18.4 Å². The fourth-order valence-corrected chi connectivity index (χ4v) is 4.59. The van der Waals surface area contributed by atoms with Crippen LogP contribution in [0.2, 0.25) is 0 Å². The first-order valence-corrected chi connectivity index (χ1v) is 10.5. The van der Waals surface area contributed by atoms with Crippen molar-refractivity contribution in [2.75, 3.05) is 18.9 Å². The van der Waals surface area contributed by atoms with Crippen LogP contribution < -0.4 is 14.2 Å². The van der Waals surface area contributed by atoms with Gasteiger partial charge in [-0.1, -0.05) is 12.1 Å². The molecule has 0 amide bonds. The maximum Gasteiger partial charge on any atom is 0.262 e. The fraction of sp³-hybridized carbons (Fsp3) is 0.211. The Morgan fingerprint density at radius 1 is 1.04 bits per heavy atom. The third kappa shape index (κ3) is 4.06. The van der Waals surface area contributed by atoms with E-state index in [9.17, 15) is 8.42 Å². The van der Waals surface area contributed by atoms with Crippen LogP contribution in [0.4, 0.5) is 5.69 Å². The van der Waals surface area contributed by atoms with Crippen molar-refractivity contribution < 1.29 is 17.9 Å². The summed E-state index contributed by atoms with van der Waals surface area (Å²) >= 11 is 1.52. The summed E-state index contributed by atoms with van der Waals surface area (Å²) in [6, 6.07) is 10.2. The Labute approximate surface area is 162 Å². The topological polar surface area (TPSA) is 77.5 Å². The molecule has 6 nitrogen and oxygen atoms in total. The second-order valence-corrected chi connectivity index (χ2v) is 8.62. The largest absolute Gasteiger partial charge is 0.497 e. The summed E-state index contributed by atoms with van der Waals surface area (Å²) in [5.74, 6) is 0.931. The summed E-state index contributed by atoms with van der Waals surface area (Å²) in [5, 5.41) is 2.84. The van der Waals surface area contributed by atoms with Gasteiger partial charge in [-0.3, -0.25) is 4.72 Å². The lowest BCUT2D eigenvalue weighted by Crippen LogP contribution is -2.15. The Balaban J connectivity index is 2.03. The molecule has 1 N–H and O–H groups in total. The van der Waals surface area contributed by atoms with Gasteiger partial charge in [0.15, 0.2) is 0 Å². The average molecular weight is 405 g/mol. The summed E-state index contributed by atoms with van der Waals surface area (Å²) in [7, 11) is -0.836. The molecular weight excluding hydrogens is 384 g/mol. The van der Waals surface area contributed by atoms with E-state index in [0.717, 1.165) is 16.3 Å². The fourth-order valence-electron chi connectivity index (χ4n) is 2.64. The molecule has 2 aromatic carbocycles. The van der Waals surface area contributed by atoms with Crippen LogP contribution in [-0.4, -0.2) is 27.6 Å². The lowest BCUT2D eigenvalue weighted by Gasteiger charge is -2.15. The van der Waals surface area contributed by atoms with Crippen molar-refractivity contribution in [3.63, 3.8) is 0 Å². The van der Waals surface area contributed by atoms with E-state index in [1.165, 1.54) is 25.6 Å². The molecular formula is C19H20N2O4S2. The van der Waals surface area contributed by atoms with Gasteiger partial charge in [0.2, 0.25) is 0 Å². The molecule has 0 atom stereocenters. The molecule has 0 saturated carbocycles. The number of hydrogen-bond acceptors (Lipinski definition) is 6. The summed E-state index contributed by atoms with van der Waals surface area (Å²) in [6.45, 7) is 3.67. The third-order valence-electron chi connectivity index (χ3n) is 4.04. The molecule has 0 bridgehead atoms. The Morgan fingerprint density at radius 2 is 1.81 bits per heavy atom. The maximum absolute atomic E-state index is 13.1. The zero-order valence-electron chi connectivity index (χ0n) is 15.4. The number of sulfonamides is 1. The number of benzene rings is 2. The van der Waals surface area contributed by atoms with Crippen LogP contribution in [0.25, 0.3) is 11.3 Å². The van der Waals surface area contributed by atoms with E-state index in [0.29, 0.717) is 22.7 Å². The smallest absolute Gasteiger partial charge is 0.262 e. The Morgan fingerprint density at radius 3 is 2.44 bits per heavy atom. The molecule has 142 valence electrons. The van der Waals surface area contributed by atoms with Crippen LogP contribution in [0.3, 0.4) is 0 Å². The number of nitrogens with zero attached hydrogens (tertiary/aromatic N) is 1. The summed E-state index contributed by atoms with van der Waals surface area (Å²) in [5.41, 5.74) is 2.46. The molecule has 0 unspecified atom stereocenters. The average Bonchev–Trinajstić information content (AvgIpc) is 3.08. The number of aryl methyl sites for hydroxylation is 2. The van der Waals surface area contributed by atoms with Crippen LogP contribution in [0.5, 0.6) is 11.5 Å². The first kappa shape index (κ1) is 19.2. The highest BCUT2D eigenvalue weighted by atomic mass is 32.2. The van der Waals surface area contributed by atoms with E-state index in [4.69, 9.17) is 9.47 Å². The van der Waals surface area contributed by atoms with E-state index < -0.39 is 10.0 Å². The van der Waals surface area contributed by atoms with E-state index >= 15 is 0 Å². The number of nitrogens with one attached hydrogen (secondary N) is 1. The number of rotatable bonds is 6. The van der Waals surface area contributed by atoms with Crippen molar-refractivity contribution in [1.29, 1.82) is 0 Å². The highest BCUT2D eigenvalue weighted by Gasteiger charge is 2.20. The van der Waals surface area contributed by atoms with Crippen molar-refractivity contribution in [2.45, 2.75) is 18.7 Å². The monoisotopic (exact) mass is 404 g/mol. The molecule has 0 saturated heterocycles. The van der Waals surface area contributed by atoms with E-state index in [2.05, 4.69) is 9.71 Å². The minimum atomic E-state index is -3.84. The molecule has 0 aliphatic carbocycles. The van der Waals surface area contributed by atoms with Crippen LogP contribution in [0.15, 0.2) is 46.7 Å². The Hall–Kier alpha value is -2.58. The number of methoxy groups -OCH3 is 2. The highest BCUT2D eigenvalue weighted by molar-refractivity contribution is 7.92. The molecule has 27 heavy (non-hydrogen) atoms. The first-order valence-electron chi connectivity index (χ1n) is 8.12. The lowest BCUT2D eigenvalue weighted by molar-refractivity contribution is 0.405. The van der Waals surface area contributed by atoms with Gasteiger partial charge in [0.1, 0.15) is 11.5 Å². The van der Waals surface area contributed by atoms with Gasteiger partial charge < -0.3 is 9.47 Å². The summed E-state index contributed by atoms with van der Waals surface area (Å²) < 4.78 is 39.2. The molecule has 1 aromatic heterocycles. The van der Waals surface area contributed by atoms with Crippen molar-refractivity contribution in [1.82, 2.24) is 4.98 Å². The second-order valence-electron chi connectivity index (χ2n) is 5.90. The molecule has 0 aliphatic heterocycles. The molecule has 3 aromatic rings. The van der Waals surface area contributed by atoms with Gasteiger partial charge in [-0.05, 0) is 37.6 Å². The zero-order chi connectivity index (χ0) is 19.6. The summed E-state index contributed by atoms with van der Waals surface area (Å²) in [4.78, 5) is 4.62. The predicted octanol–water partition coefficient (Wildman–Crippen LogP) is 4.24. The molecule has 0 radical (unpaired) electrons. The van der Waals surface area contributed by atoms with Crippen molar-refractivity contribution >= 4 is 27.0 Å². The third-order valence-corrected chi connectivity index (χ3v) is 6.32. The second kappa shape index (κ2) is 7.58. The van der Waals surface area contributed by atoms with Crippen LogP contribution in [0.1, 0.15) is 10.6 Å². The minimum absolute atomic E-state index is 0.190. The van der Waals surface area contributed by atoms with Gasteiger partial charge >= 0.3 is 0 Å². The Kier molecular flexibility index (Phi) is 5.38. The van der Waals surface area contributed by atoms with Gasteiger partial charge in [0, 0.05) is 17.0 Å². The molecule has 3 rings (SSSR count). The molecule has 1 heterocycles. The number of aromatic nitrogens is 1. The predicted molar refractivity (Wildman–Crippen MR) is 107 cm³/mol. The van der Waals surface area contributed by atoms with Crippen molar-refractivity contribution in [3.05, 3.63) is 52.3 Å². The van der Waals surface area contributed by atoms with Crippen molar-refractivity contribution in [2.24, 2.45) is 0 Å². The van der Waals surface area contributed by atoms with Gasteiger partial charge in [-0.2, -0.15) is 0 Å². The molecule has 0 spiro atoms. The summed E-state index contributed by atoms with van der Waals surface area (Å²) in [6.07, 6.45) is 0. The van der Waals surface area contributed by atoms with Crippen molar-refractivity contribution in [3.8, 4) is 22.8 Å². The standard InChI is InChI=1S/C19H20N2O4S2/c1-12-5-6-14(17-11-26-13(2)20-17)9-19(12)27(22,23)21-16-10-15(24-3)7-8-18(16)25-4/h5-11,21H,1-4H3. The number of thiazole rings is 1. The number of ether oxygens (including phenoxy) is 2. The number of hydrogen-bond donors (Lipinski definition) is 1. The van der Waals surface area contributed by atoms with Crippen LogP contribution in [-0.2, 0) is 10.0 Å². The van der Waals surface area contributed by atoms with Gasteiger partial charge in [-0.15, -0.1) is 11.3 Å². The quantitative estimate of drug-likeness (QED) is 0.665. The van der Waals surface area contributed by atoms with Gasteiger partial charge in [0.05, 0.1) is 35.5 Å². The van der Waals surface area contributed by atoms with Gasteiger partial charge in [0.25, 0.3) is 10.0 Å². The maximum atomic E-state index is 13.1. The SMILES string of the molecule is COc1ccc(OC)c(NS(=O)(=O)c2cc(-c3csc(C)n3)ccc2C)c1. The van der Waals surface area contributed by atoms with Crippen LogP contribution in [0, 0.1) is 13.8 Å². The molecule has 0 aliphatic rings. The Bertz CT molecular complexity index is 1080. The lowest BCUT2D eigenvalue weighted by atomic mass is 10.1. The van der Waals surface area contributed by atoms with Crippen LogP contribution >= 0.6 is 11.3 Å². The first-order chi connectivity index (χ1) is 12.8. The normalized spacial score (nSPS) is 11.3. The zero-order valence-corrected chi connectivity index (χ0v) is 17.1. The number of anilines is 1. The molecule has 0 fully saturated rings. The highest BCUT2D eigenvalue weighted by Crippen LogP contribution is 2.32. The van der Waals surface area contributed by atoms with E-state index in [1.54, 1.807) is 37.3 Å². The molecule has 8 heteroatoms. The van der Waals surface area contributed by atoms with E-state index in [-0.39, 0.29) is 4.90 Å².